The number of nitrogens with zero attached hydrogens (tertiary/aromatic N) is 1. The molecule has 2 aromatic rings. The van der Waals surface area contributed by atoms with Crippen molar-refractivity contribution in [2.75, 3.05) is 25.5 Å². The quantitative estimate of drug-likeness (QED) is 0.740. The molecule has 2 rings (SSSR count). The SMILES string of the molecule is Cc1ccccc1CC(=O)OCC(=O)N(C)CC(=O)Nc1ccccc1Cl. The summed E-state index contributed by atoms with van der Waals surface area (Å²) in [5, 5.41) is 3.03. The lowest BCUT2D eigenvalue weighted by Crippen LogP contribution is -2.37. The molecule has 1 N–H and O–H groups in total. The Labute approximate surface area is 163 Å². The van der Waals surface area contributed by atoms with E-state index in [9.17, 15) is 14.4 Å². The summed E-state index contributed by atoms with van der Waals surface area (Å²) in [6.45, 7) is 1.30. The summed E-state index contributed by atoms with van der Waals surface area (Å²) >= 11 is 5.98. The first-order valence-electron chi connectivity index (χ1n) is 8.35. The van der Waals surface area contributed by atoms with Gasteiger partial charge in [-0.2, -0.15) is 0 Å². The molecule has 0 aliphatic carbocycles. The van der Waals surface area contributed by atoms with Crippen LogP contribution in [0.2, 0.25) is 5.02 Å². The number of ether oxygens (including phenoxy) is 1. The van der Waals surface area contributed by atoms with Gasteiger partial charge in [0.1, 0.15) is 0 Å². The number of benzene rings is 2. The molecule has 0 aliphatic heterocycles. The minimum Gasteiger partial charge on any atom is -0.455 e. The molecular weight excluding hydrogens is 368 g/mol. The molecule has 27 heavy (non-hydrogen) atoms. The van der Waals surface area contributed by atoms with Gasteiger partial charge in [-0.15, -0.1) is 0 Å². The number of hydrogen-bond donors (Lipinski definition) is 1. The summed E-state index contributed by atoms with van der Waals surface area (Å²) in [6, 6.07) is 14.3. The fourth-order valence-corrected chi connectivity index (χ4v) is 2.51. The van der Waals surface area contributed by atoms with E-state index in [1.54, 1.807) is 24.3 Å². The highest BCUT2D eigenvalue weighted by molar-refractivity contribution is 6.33. The Morgan fingerprint density at radius 3 is 2.44 bits per heavy atom. The van der Waals surface area contributed by atoms with Crippen molar-refractivity contribution in [2.45, 2.75) is 13.3 Å². The second kappa shape index (κ2) is 9.73. The number of carbonyl (C=O) groups excluding carboxylic acids is 3. The van der Waals surface area contributed by atoms with E-state index in [1.807, 2.05) is 31.2 Å². The molecule has 6 nitrogen and oxygen atoms in total. The van der Waals surface area contributed by atoms with Crippen LogP contribution < -0.4 is 5.32 Å². The summed E-state index contributed by atoms with van der Waals surface area (Å²) in [5.41, 5.74) is 2.30. The summed E-state index contributed by atoms with van der Waals surface area (Å²) in [6.07, 6.45) is 0.0939. The van der Waals surface area contributed by atoms with Gasteiger partial charge in [-0.3, -0.25) is 14.4 Å². The molecule has 0 saturated carbocycles. The number of amides is 2. The first-order valence-corrected chi connectivity index (χ1v) is 8.73. The van der Waals surface area contributed by atoms with Crippen LogP contribution in [-0.2, 0) is 25.5 Å². The van der Waals surface area contributed by atoms with Crippen molar-refractivity contribution in [1.29, 1.82) is 0 Å². The Balaban J connectivity index is 1.78. The molecule has 2 aromatic carbocycles. The number of rotatable bonds is 7. The molecule has 0 aromatic heterocycles. The Hall–Kier alpha value is -2.86. The Morgan fingerprint density at radius 2 is 1.74 bits per heavy atom. The van der Waals surface area contributed by atoms with Crippen LogP contribution in [0.4, 0.5) is 5.69 Å². The van der Waals surface area contributed by atoms with Crippen molar-refractivity contribution in [3.63, 3.8) is 0 Å². The van der Waals surface area contributed by atoms with Crippen molar-refractivity contribution in [2.24, 2.45) is 0 Å². The zero-order valence-corrected chi connectivity index (χ0v) is 16.0. The van der Waals surface area contributed by atoms with Crippen molar-refractivity contribution in [3.05, 3.63) is 64.7 Å². The normalized spacial score (nSPS) is 10.2. The van der Waals surface area contributed by atoms with E-state index in [0.717, 1.165) is 11.1 Å². The third-order valence-electron chi connectivity index (χ3n) is 3.91. The monoisotopic (exact) mass is 388 g/mol. The number of nitrogens with one attached hydrogen (secondary N) is 1. The molecule has 7 heteroatoms. The predicted molar refractivity (Wildman–Crippen MR) is 104 cm³/mol. The molecule has 0 heterocycles. The Morgan fingerprint density at radius 1 is 1.07 bits per heavy atom. The first kappa shape index (κ1) is 20.5. The summed E-state index contributed by atoms with van der Waals surface area (Å²) < 4.78 is 5.02. The molecule has 2 amide bonds. The average Bonchev–Trinajstić information content (AvgIpc) is 2.63. The molecular formula is C20H21ClN2O4. The number of para-hydroxylation sites is 1. The average molecular weight is 389 g/mol. The third-order valence-corrected chi connectivity index (χ3v) is 4.24. The number of anilines is 1. The van der Waals surface area contributed by atoms with Crippen LogP contribution in [0.3, 0.4) is 0 Å². The van der Waals surface area contributed by atoms with E-state index in [4.69, 9.17) is 16.3 Å². The molecule has 0 fully saturated rings. The van der Waals surface area contributed by atoms with Crippen LogP contribution in [0.25, 0.3) is 0 Å². The number of halogens is 1. The highest BCUT2D eigenvalue weighted by Gasteiger charge is 2.16. The van der Waals surface area contributed by atoms with Crippen LogP contribution in [-0.4, -0.2) is 42.9 Å². The fourth-order valence-electron chi connectivity index (χ4n) is 2.32. The van der Waals surface area contributed by atoms with Crippen LogP contribution >= 0.6 is 11.6 Å². The Kier molecular flexibility index (Phi) is 7.37. The van der Waals surface area contributed by atoms with Crippen molar-refractivity contribution >= 4 is 35.1 Å². The van der Waals surface area contributed by atoms with E-state index in [-0.39, 0.29) is 13.0 Å². The first-order chi connectivity index (χ1) is 12.9. The summed E-state index contributed by atoms with van der Waals surface area (Å²) in [5.74, 6) is -1.36. The van der Waals surface area contributed by atoms with Gasteiger partial charge in [-0.05, 0) is 30.2 Å². The molecule has 0 saturated heterocycles. The number of esters is 1. The van der Waals surface area contributed by atoms with Gasteiger partial charge in [0.15, 0.2) is 6.61 Å². The second-order valence-electron chi connectivity index (χ2n) is 6.04. The van der Waals surface area contributed by atoms with Crippen LogP contribution in [0.5, 0.6) is 0 Å². The van der Waals surface area contributed by atoms with E-state index in [1.165, 1.54) is 11.9 Å². The van der Waals surface area contributed by atoms with E-state index >= 15 is 0 Å². The lowest BCUT2D eigenvalue weighted by Gasteiger charge is -2.17. The van der Waals surface area contributed by atoms with Crippen LogP contribution in [0, 0.1) is 6.92 Å². The highest BCUT2D eigenvalue weighted by atomic mass is 35.5. The highest BCUT2D eigenvalue weighted by Crippen LogP contribution is 2.20. The van der Waals surface area contributed by atoms with Gasteiger partial charge in [0.05, 0.1) is 23.7 Å². The Bertz CT molecular complexity index is 838. The fraction of sp³-hybridized carbons (Fsp3) is 0.250. The molecule has 142 valence electrons. The maximum atomic E-state index is 12.1. The minimum atomic E-state index is -0.494. The summed E-state index contributed by atoms with van der Waals surface area (Å²) in [4.78, 5) is 37.2. The zero-order valence-electron chi connectivity index (χ0n) is 15.2. The largest absolute Gasteiger partial charge is 0.455 e. The lowest BCUT2D eigenvalue weighted by atomic mass is 10.1. The maximum absolute atomic E-state index is 12.1. The van der Waals surface area contributed by atoms with Gasteiger partial charge < -0.3 is 15.0 Å². The van der Waals surface area contributed by atoms with Gasteiger partial charge in [-0.25, -0.2) is 0 Å². The van der Waals surface area contributed by atoms with Gasteiger partial charge >= 0.3 is 5.97 Å². The number of hydrogen-bond acceptors (Lipinski definition) is 4. The van der Waals surface area contributed by atoms with E-state index < -0.39 is 24.4 Å². The predicted octanol–water partition coefficient (Wildman–Crippen LogP) is 2.83. The molecule has 0 atom stereocenters. The number of likely N-dealkylation sites (N-methyl/N-ethyl adjacent to an activating group) is 1. The molecule has 0 aliphatic rings. The molecule has 0 unspecified atom stereocenters. The van der Waals surface area contributed by atoms with Crippen molar-refractivity contribution < 1.29 is 19.1 Å². The van der Waals surface area contributed by atoms with Gasteiger partial charge in [-0.1, -0.05) is 48.0 Å². The van der Waals surface area contributed by atoms with E-state index in [0.29, 0.717) is 10.7 Å². The van der Waals surface area contributed by atoms with Gasteiger partial charge in [0.2, 0.25) is 5.91 Å². The molecule has 0 spiro atoms. The van der Waals surface area contributed by atoms with E-state index in [2.05, 4.69) is 5.32 Å². The van der Waals surface area contributed by atoms with Crippen LogP contribution in [0.15, 0.2) is 48.5 Å². The third kappa shape index (κ3) is 6.42. The second-order valence-corrected chi connectivity index (χ2v) is 6.45. The molecule has 0 radical (unpaired) electrons. The zero-order chi connectivity index (χ0) is 19.8. The van der Waals surface area contributed by atoms with Gasteiger partial charge in [0, 0.05) is 7.05 Å². The van der Waals surface area contributed by atoms with Crippen molar-refractivity contribution in [1.82, 2.24) is 4.90 Å². The topological polar surface area (TPSA) is 75.7 Å². The summed E-state index contributed by atoms with van der Waals surface area (Å²) in [7, 11) is 1.46. The number of carbonyl (C=O) groups is 3. The van der Waals surface area contributed by atoms with Crippen LogP contribution in [0.1, 0.15) is 11.1 Å². The lowest BCUT2D eigenvalue weighted by molar-refractivity contribution is -0.151. The number of aryl methyl sites for hydroxylation is 1. The standard InChI is InChI=1S/C20H21ClN2O4/c1-14-7-3-4-8-15(14)11-20(26)27-13-19(25)23(2)12-18(24)22-17-10-6-5-9-16(17)21/h3-10H,11-13H2,1-2H3,(H,22,24). The molecule has 0 bridgehead atoms. The minimum absolute atomic E-state index is 0.0939. The maximum Gasteiger partial charge on any atom is 0.310 e. The smallest absolute Gasteiger partial charge is 0.310 e. The van der Waals surface area contributed by atoms with Crippen molar-refractivity contribution in [3.8, 4) is 0 Å². The van der Waals surface area contributed by atoms with Gasteiger partial charge in [0.25, 0.3) is 5.91 Å².